The number of esters is 1. The molecule has 0 aliphatic rings. The number of furan rings is 1. The SMILES string of the molecule is COC(=O)c1coc2cccnc12. The minimum Gasteiger partial charge on any atom is -0.465 e. The van der Waals surface area contributed by atoms with E-state index in [0.29, 0.717) is 16.7 Å². The van der Waals surface area contributed by atoms with Crippen molar-refractivity contribution in [3.05, 3.63) is 30.2 Å². The highest BCUT2D eigenvalue weighted by Crippen LogP contribution is 2.18. The van der Waals surface area contributed by atoms with Gasteiger partial charge in [-0.1, -0.05) is 0 Å². The van der Waals surface area contributed by atoms with E-state index in [-0.39, 0.29) is 0 Å². The topological polar surface area (TPSA) is 52.3 Å². The molecule has 0 aliphatic carbocycles. The first-order valence-electron chi connectivity index (χ1n) is 3.73. The van der Waals surface area contributed by atoms with Gasteiger partial charge < -0.3 is 9.15 Å². The summed E-state index contributed by atoms with van der Waals surface area (Å²) in [4.78, 5) is 15.2. The average molecular weight is 177 g/mol. The zero-order valence-corrected chi connectivity index (χ0v) is 6.98. The minimum atomic E-state index is -0.433. The number of rotatable bonds is 1. The summed E-state index contributed by atoms with van der Waals surface area (Å²) in [7, 11) is 1.32. The van der Waals surface area contributed by atoms with Gasteiger partial charge in [0, 0.05) is 6.20 Å². The van der Waals surface area contributed by atoms with Gasteiger partial charge in [-0.15, -0.1) is 0 Å². The molecule has 0 amide bonds. The van der Waals surface area contributed by atoms with Crippen molar-refractivity contribution in [1.29, 1.82) is 0 Å². The first-order valence-corrected chi connectivity index (χ1v) is 3.73. The predicted molar refractivity (Wildman–Crippen MR) is 45.3 cm³/mol. The Morgan fingerprint density at radius 1 is 1.62 bits per heavy atom. The molecule has 0 saturated heterocycles. The highest BCUT2D eigenvalue weighted by molar-refractivity contribution is 6.01. The van der Waals surface area contributed by atoms with E-state index in [1.807, 2.05) is 0 Å². The van der Waals surface area contributed by atoms with Gasteiger partial charge in [0.15, 0.2) is 5.58 Å². The van der Waals surface area contributed by atoms with Crippen molar-refractivity contribution < 1.29 is 13.9 Å². The van der Waals surface area contributed by atoms with Crippen molar-refractivity contribution in [3.63, 3.8) is 0 Å². The number of hydrogen-bond donors (Lipinski definition) is 0. The van der Waals surface area contributed by atoms with Crippen LogP contribution in [0.3, 0.4) is 0 Å². The van der Waals surface area contributed by atoms with E-state index in [9.17, 15) is 4.79 Å². The van der Waals surface area contributed by atoms with Gasteiger partial charge in [0.05, 0.1) is 7.11 Å². The monoisotopic (exact) mass is 177 g/mol. The van der Waals surface area contributed by atoms with Gasteiger partial charge in [0.2, 0.25) is 0 Å². The van der Waals surface area contributed by atoms with Crippen molar-refractivity contribution in [2.24, 2.45) is 0 Å². The summed E-state index contributed by atoms with van der Waals surface area (Å²) in [5, 5.41) is 0. The third-order valence-electron chi connectivity index (χ3n) is 1.73. The lowest BCUT2D eigenvalue weighted by molar-refractivity contribution is 0.0601. The fourth-order valence-electron chi connectivity index (χ4n) is 1.12. The molecule has 4 nitrogen and oxygen atoms in total. The van der Waals surface area contributed by atoms with Crippen molar-refractivity contribution in [2.45, 2.75) is 0 Å². The van der Waals surface area contributed by atoms with Gasteiger partial charge in [-0.2, -0.15) is 0 Å². The van der Waals surface area contributed by atoms with Gasteiger partial charge in [0.25, 0.3) is 0 Å². The van der Waals surface area contributed by atoms with E-state index >= 15 is 0 Å². The Morgan fingerprint density at radius 3 is 3.23 bits per heavy atom. The van der Waals surface area contributed by atoms with E-state index < -0.39 is 5.97 Å². The van der Waals surface area contributed by atoms with Crippen LogP contribution in [-0.4, -0.2) is 18.1 Å². The second-order valence-corrected chi connectivity index (χ2v) is 2.49. The van der Waals surface area contributed by atoms with E-state index in [4.69, 9.17) is 4.42 Å². The summed E-state index contributed by atoms with van der Waals surface area (Å²) in [5.41, 5.74) is 1.48. The number of carbonyl (C=O) groups excluding carboxylic acids is 1. The molecule has 66 valence electrons. The largest absolute Gasteiger partial charge is 0.465 e. The highest BCUT2D eigenvalue weighted by Gasteiger charge is 2.14. The van der Waals surface area contributed by atoms with Crippen LogP contribution in [0.15, 0.2) is 29.0 Å². The van der Waals surface area contributed by atoms with E-state index in [1.165, 1.54) is 13.4 Å². The van der Waals surface area contributed by atoms with Gasteiger partial charge in [-0.3, -0.25) is 4.98 Å². The molecule has 0 spiro atoms. The second kappa shape index (κ2) is 2.90. The molecule has 2 rings (SSSR count). The number of fused-ring (bicyclic) bond motifs is 1. The summed E-state index contributed by atoms with van der Waals surface area (Å²) in [6.45, 7) is 0. The van der Waals surface area contributed by atoms with Crippen LogP contribution < -0.4 is 0 Å². The fourth-order valence-corrected chi connectivity index (χ4v) is 1.12. The van der Waals surface area contributed by atoms with Crippen molar-refractivity contribution in [3.8, 4) is 0 Å². The summed E-state index contributed by atoms with van der Waals surface area (Å²) in [6, 6.07) is 3.49. The number of aromatic nitrogens is 1. The van der Waals surface area contributed by atoms with Crippen LogP contribution in [0, 0.1) is 0 Å². The van der Waals surface area contributed by atoms with E-state index in [0.717, 1.165) is 0 Å². The molecule has 0 fully saturated rings. The van der Waals surface area contributed by atoms with Crippen LogP contribution in [0.5, 0.6) is 0 Å². The fraction of sp³-hybridized carbons (Fsp3) is 0.111. The standard InChI is InChI=1S/C9H7NO3/c1-12-9(11)6-5-13-7-3-2-4-10-8(6)7/h2-5H,1H3. The molecule has 0 aromatic carbocycles. The Hall–Kier alpha value is -1.84. The zero-order valence-electron chi connectivity index (χ0n) is 6.98. The molecule has 0 N–H and O–H groups in total. The molecule has 0 aliphatic heterocycles. The van der Waals surface area contributed by atoms with Crippen molar-refractivity contribution in [1.82, 2.24) is 4.98 Å². The summed E-state index contributed by atoms with van der Waals surface area (Å²) in [5.74, 6) is -0.433. The Labute approximate surface area is 74.1 Å². The van der Waals surface area contributed by atoms with Gasteiger partial charge in [-0.05, 0) is 12.1 Å². The Morgan fingerprint density at radius 2 is 2.46 bits per heavy atom. The molecular formula is C9H7NO3. The molecule has 4 heteroatoms. The summed E-state index contributed by atoms with van der Waals surface area (Å²) >= 11 is 0. The number of methoxy groups -OCH3 is 1. The molecule has 0 unspecified atom stereocenters. The third-order valence-corrected chi connectivity index (χ3v) is 1.73. The third kappa shape index (κ3) is 1.16. The lowest BCUT2D eigenvalue weighted by Gasteiger charge is -1.92. The Bertz CT molecular complexity index is 447. The molecule has 0 atom stereocenters. The molecule has 0 saturated carbocycles. The van der Waals surface area contributed by atoms with Crippen LogP contribution in [0.2, 0.25) is 0 Å². The van der Waals surface area contributed by atoms with Crippen LogP contribution >= 0.6 is 0 Å². The molecular weight excluding hydrogens is 170 g/mol. The molecule has 2 aromatic rings. The normalized spacial score (nSPS) is 10.2. The van der Waals surface area contributed by atoms with Gasteiger partial charge in [-0.25, -0.2) is 4.79 Å². The van der Waals surface area contributed by atoms with E-state index in [2.05, 4.69) is 9.72 Å². The molecule has 2 aromatic heterocycles. The Balaban J connectivity index is 2.64. The van der Waals surface area contributed by atoms with Crippen LogP contribution in [0.25, 0.3) is 11.1 Å². The lowest BCUT2D eigenvalue weighted by Crippen LogP contribution is -1.99. The number of pyridine rings is 1. The first-order chi connectivity index (χ1) is 6.33. The molecule has 0 bridgehead atoms. The molecule has 2 heterocycles. The van der Waals surface area contributed by atoms with Gasteiger partial charge in [0.1, 0.15) is 17.3 Å². The second-order valence-electron chi connectivity index (χ2n) is 2.49. The highest BCUT2D eigenvalue weighted by atomic mass is 16.5. The number of ether oxygens (including phenoxy) is 1. The van der Waals surface area contributed by atoms with Crippen LogP contribution in [-0.2, 0) is 4.74 Å². The minimum absolute atomic E-state index is 0.359. The quantitative estimate of drug-likeness (QED) is 0.621. The zero-order chi connectivity index (χ0) is 9.26. The number of hydrogen-bond acceptors (Lipinski definition) is 4. The lowest BCUT2D eigenvalue weighted by atomic mass is 10.3. The first kappa shape index (κ1) is 7.79. The van der Waals surface area contributed by atoms with Crippen LogP contribution in [0.1, 0.15) is 10.4 Å². The smallest absolute Gasteiger partial charge is 0.343 e. The van der Waals surface area contributed by atoms with Crippen molar-refractivity contribution in [2.75, 3.05) is 7.11 Å². The number of carbonyl (C=O) groups is 1. The summed E-state index contributed by atoms with van der Waals surface area (Å²) < 4.78 is 9.67. The van der Waals surface area contributed by atoms with Gasteiger partial charge >= 0.3 is 5.97 Å². The molecule has 0 radical (unpaired) electrons. The van der Waals surface area contributed by atoms with E-state index in [1.54, 1.807) is 18.3 Å². The predicted octanol–water partition coefficient (Wildman–Crippen LogP) is 1.61. The summed E-state index contributed by atoms with van der Waals surface area (Å²) in [6.07, 6.45) is 2.95. The number of nitrogens with zero attached hydrogens (tertiary/aromatic N) is 1. The molecule has 13 heavy (non-hydrogen) atoms. The maximum atomic E-state index is 11.2. The van der Waals surface area contributed by atoms with Crippen LogP contribution in [0.4, 0.5) is 0 Å². The van der Waals surface area contributed by atoms with Crippen molar-refractivity contribution >= 4 is 17.1 Å². The maximum Gasteiger partial charge on any atom is 0.343 e. The Kier molecular flexibility index (Phi) is 1.73. The maximum absolute atomic E-state index is 11.2. The average Bonchev–Trinajstić information content (AvgIpc) is 2.60.